The van der Waals surface area contributed by atoms with Crippen molar-refractivity contribution in [3.63, 3.8) is 0 Å². The molecule has 2 nitrogen and oxygen atoms in total. The number of para-hydroxylation sites is 1. The van der Waals surface area contributed by atoms with E-state index >= 15 is 0 Å². The third-order valence-corrected chi connectivity index (χ3v) is 3.62. The molecular weight excluding hydrogens is 321 g/mol. The number of halogens is 2. The van der Waals surface area contributed by atoms with E-state index in [0.717, 1.165) is 5.56 Å². The highest BCUT2D eigenvalue weighted by Crippen LogP contribution is 2.33. The minimum Gasteiger partial charge on any atom is -0.491 e. The summed E-state index contributed by atoms with van der Waals surface area (Å²) in [5.41, 5.74) is 7.45. The van der Waals surface area contributed by atoms with Crippen LogP contribution in [0.2, 0.25) is 0 Å². The van der Waals surface area contributed by atoms with Crippen molar-refractivity contribution in [1.82, 2.24) is 0 Å². The number of hydrogen-bond donors (Lipinski definition) is 1. The van der Waals surface area contributed by atoms with Crippen LogP contribution in [0.4, 0.5) is 4.39 Å². The van der Waals surface area contributed by atoms with E-state index in [9.17, 15) is 4.39 Å². The molecule has 0 saturated carbocycles. The van der Waals surface area contributed by atoms with Crippen LogP contribution in [0.25, 0.3) is 0 Å². The van der Waals surface area contributed by atoms with E-state index < -0.39 is 6.04 Å². The van der Waals surface area contributed by atoms with Crippen molar-refractivity contribution in [2.45, 2.75) is 26.0 Å². The van der Waals surface area contributed by atoms with Crippen LogP contribution in [0, 0.1) is 5.82 Å². The van der Waals surface area contributed by atoms with E-state index in [1.807, 2.05) is 38.1 Å². The van der Waals surface area contributed by atoms with Gasteiger partial charge < -0.3 is 10.5 Å². The molecule has 2 N–H and O–H groups in total. The van der Waals surface area contributed by atoms with Crippen molar-refractivity contribution < 1.29 is 9.13 Å². The van der Waals surface area contributed by atoms with Crippen LogP contribution in [-0.2, 0) is 0 Å². The Morgan fingerprint density at radius 1 is 1.10 bits per heavy atom. The van der Waals surface area contributed by atoms with Gasteiger partial charge in [-0.25, -0.2) is 4.39 Å². The third-order valence-electron chi connectivity index (χ3n) is 2.93. The molecule has 106 valence electrons. The van der Waals surface area contributed by atoms with Gasteiger partial charge in [0, 0.05) is 15.6 Å². The summed E-state index contributed by atoms with van der Waals surface area (Å²) >= 11 is 3.36. The maximum absolute atomic E-state index is 14.0. The minimum absolute atomic E-state index is 0.0346. The van der Waals surface area contributed by atoms with Crippen molar-refractivity contribution >= 4 is 15.9 Å². The Hall–Kier alpha value is -1.39. The van der Waals surface area contributed by atoms with Crippen molar-refractivity contribution in [2.75, 3.05) is 0 Å². The Balaban J connectivity index is 2.46. The average molecular weight is 338 g/mol. The monoisotopic (exact) mass is 337 g/mol. The van der Waals surface area contributed by atoms with Crippen molar-refractivity contribution in [3.05, 3.63) is 63.9 Å². The SMILES string of the molecule is CC(C)Oc1ccccc1C(N)c1c(F)cccc1Br. The van der Waals surface area contributed by atoms with Crippen molar-refractivity contribution in [2.24, 2.45) is 5.73 Å². The van der Waals surface area contributed by atoms with E-state index in [0.29, 0.717) is 15.8 Å². The van der Waals surface area contributed by atoms with Gasteiger partial charge in [-0.3, -0.25) is 0 Å². The molecule has 0 spiro atoms. The molecule has 4 heteroatoms. The highest BCUT2D eigenvalue weighted by Gasteiger charge is 2.20. The second-order valence-corrected chi connectivity index (χ2v) is 5.67. The van der Waals surface area contributed by atoms with E-state index in [1.54, 1.807) is 12.1 Å². The van der Waals surface area contributed by atoms with Gasteiger partial charge in [-0.2, -0.15) is 0 Å². The zero-order chi connectivity index (χ0) is 14.7. The summed E-state index contributed by atoms with van der Waals surface area (Å²) in [6.45, 7) is 3.89. The van der Waals surface area contributed by atoms with Crippen LogP contribution in [0.5, 0.6) is 5.75 Å². The zero-order valence-electron chi connectivity index (χ0n) is 11.4. The molecule has 1 atom stereocenters. The summed E-state index contributed by atoms with van der Waals surface area (Å²) in [6, 6.07) is 11.7. The Bertz CT molecular complexity index is 581. The summed E-state index contributed by atoms with van der Waals surface area (Å²) in [4.78, 5) is 0. The van der Waals surface area contributed by atoms with Gasteiger partial charge in [0.2, 0.25) is 0 Å². The van der Waals surface area contributed by atoms with Crippen molar-refractivity contribution in [3.8, 4) is 5.75 Å². The first kappa shape index (κ1) is 15.0. The molecule has 20 heavy (non-hydrogen) atoms. The first-order valence-electron chi connectivity index (χ1n) is 6.45. The molecule has 0 fully saturated rings. The second kappa shape index (κ2) is 6.37. The maximum atomic E-state index is 14.0. The van der Waals surface area contributed by atoms with Gasteiger partial charge >= 0.3 is 0 Å². The predicted octanol–water partition coefficient (Wildman–Crippen LogP) is 4.42. The minimum atomic E-state index is -0.583. The lowest BCUT2D eigenvalue weighted by Crippen LogP contribution is -2.17. The smallest absolute Gasteiger partial charge is 0.129 e. The molecule has 0 amide bonds. The summed E-state index contributed by atoms with van der Waals surface area (Å²) in [5, 5.41) is 0. The highest BCUT2D eigenvalue weighted by atomic mass is 79.9. The molecule has 0 aliphatic heterocycles. The predicted molar refractivity (Wildman–Crippen MR) is 82.3 cm³/mol. The Morgan fingerprint density at radius 2 is 1.80 bits per heavy atom. The molecule has 0 heterocycles. The topological polar surface area (TPSA) is 35.2 Å². The lowest BCUT2D eigenvalue weighted by atomic mass is 9.98. The molecule has 2 aromatic rings. The summed E-state index contributed by atoms with van der Waals surface area (Å²) in [5.74, 6) is 0.358. The van der Waals surface area contributed by atoms with Gasteiger partial charge in [-0.05, 0) is 32.0 Å². The highest BCUT2D eigenvalue weighted by molar-refractivity contribution is 9.10. The zero-order valence-corrected chi connectivity index (χ0v) is 13.0. The Kier molecular flexibility index (Phi) is 4.78. The Morgan fingerprint density at radius 3 is 2.45 bits per heavy atom. The first-order chi connectivity index (χ1) is 9.50. The molecule has 0 aromatic heterocycles. The first-order valence-corrected chi connectivity index (χ1v) is 7.25. The molecule has 2 aromatic carbocycles. The van der Waals surface area contributed by atoms with E-state index in [4.69, 9.17) is 10.5 Å². The second-order valence-electron chi connectivity index (χ2n) is 4.82. The fraction of sp³-hybridized carbons (Fsp3) is 0.250. The molecule has 0 aliphatic carbocycles. The fourth-order valence-corrected chi connectivity index (χ4v) is 2.65. The van der Waals surface area contributed by atoms with Crippen LogP contribution >= 0.6 is 15.9 Å². The average Bonchev–Trinajstić information content (AvgIpc) is 2.38. The summed E-state index contributed by atoms with van der Waals surface area (Å²) < 4.78 is 20.4. The van der Waals surface area contributed by atoms with Gasteiger partial charge in [0.1, 0.15) is 11.6 Å². The van der Waals surface area contributed by atoms with Crippen LogP contribution < -0.4 is 10.5 Å². The molecular formula is C16H17BrFNO. The quantitative estimate of drug-likeness (QED) is 0.895. The van der Waals surface area contributed by atoms with Crippen LogP contribution in [0.1, 0.15) is 31.0 Å². The lowest BCUT2D eigenvalue weighted by molar-refractivity contribution is 0.239. The molecule has 1 unspecified atom stereocenters. The number of benzene rings is 2. The molecule has 2 rings (SSSR count). The van der Waals surface area contributed by atoms with Gasteiger partial charge in [0.25, 0.3) is 0 Å². The third kappa shape index (κ3) is 3.19. The van der Waals surface area contributed by atoms with Gasteiger partial charge in [-0.1, -0.05) is 40.2 Å². The standard InChI is InChI=1S/C16H17BrFNO/c1-10(2)20-14-9-4-3-6-11(14)16(19)15-12(17)7-5-8-13(15)18/h3-10,16H,19H2,1-2H3. The Labute approximate surface area is 126 Å². The van der Waals surface area contributed by atoms with Crippen molar-refractivity contribution in [1.29, 1.82) is 0 Å². The maximum Gasteiger partial charge on any atom is 0.129 e. The lowest BCUT2D eigenvalue weighted by Gasteiger charge is -2.20. The fourth-order valence-electron chi connectivity index (χ4n) is 2.06. The van der Waals surface area contributed by atoms with Gasteiger partial charge in [0.05, 0.1) is 12.1 Å². The van der Waals surface area contributed by atoms with Crippen LogP contribution in [-0.4, -0.2) is 6.10 Å². The van der Waals surface area contributed by atoms with Gasteiger partial charge in [-0.15, -0.1) is 0 Å². The van der Waals surface area contributed by atoms with Gasteiger partial charge in [0.15, 0.2) is 0 Å². The number of rotatable bonds is 4. The normalized spacial score (nSPS) is 12.5. The van der Waals surface area contributed by atoms with E-state index in [-0.39, 0.29) is 11.9 Å². The largest absolute Gasteiger partial charge is 0.491 e. The van der Waals surface area contributed by atoms with E-state index in [2.05, 4.69) is 15.9 Å². The number of hydrogen-bond acceptors (Lipinski definition) is 2. The number of nitrogens with two attached hydrogens (primary N) is 1. The molecule has 0 radical (unpaired) electrons. The molecule has 0 aliphatic rings. The number of ether oxygens (including phenoxy) is 1. The summed E-state index contributed by atoms with van der Waals surface area (Å²) in [6.07, 6.45) is 0.0346. The van der Waals surface area contributed by atoms with E-state index in [1.165, 1.54) is 6.07 Å². The summed E-state index contributed by atoms with van der Waals surface area (Å²) in [7, 11) is 0. The molecule has 0 bridgehead atoms. The van der Waals surface area contributed by atoms with Crippen LogP contribution in [0.3, 0.4) is 0 Å². The van der Waals surface area contributed by atoms with Crippen LogP contribution in [0.15, 0.2) is 46.9 Å². The molecule has 0 saturated heterocycles.